The number of likely N-dealkylation sites (N-methyl/N-ethyl adjacent to an activating group) is 1. The minimum absolute atomic E-state index is 0.0416. The Morgan fingerprint density at radius 1 is 1.28 bits per heavy atom. The van der Waals surface area contributed by atoms with E-state index in [0.717, 1.165) is 63.7 Å². The maximum Gasteiger partial charge on any atom is 0.239 e. The van der Waals surface area contributed by atoms with Gasteiger partial charge in [-0.15, -0.1) is 0 Å². The summed E-state index contributed by atoms with van der Waals surface area (Å²) in [5, 5.41) is 3.37. The molecule has 1 aromatic carbocycles. The van der Waals surface area contributed by atoms with Gasteiger partial charge in [0.05, 0.1) is 13.2 Å². The van der Waals surface area contributed by atoms with Crippen molar-refractivity contribution in [3.8, 4) is 5.75 Å². The first-order valence-corrected chi connectivity index (χ1v) is 10.5. The molecule has 1 aromatic rings. The van der Waals surface area contributed by atoms with Crippen LogP contribution in [0.2, 0.25) is 0 Å². The molecule has 0 aliphatic carbocycles. The van der Waals surface area contributed by atoms with Gasteiger partial charge < -0.3 is 19.9 Å². The summed E-state index contributed by atoms with van der Waals surface area (Å²) in [5.74, 6) is 1.99. The van der Waals surface area contributed by atoms with Crippen molar-refractivity contribution in [2.45, 2.75) is 38.8 Å². The van der Waals surface area contributed by atoms with Gasteiger partial charge in [0.1, 0.15) is 5.75 Å². The second-order valence-corrected chi connectivity index (χ2v) is 7.72. The Bertz CT molecular complexity index is 660. The lowest BCUT2D eigenvalue weighted by Crippen LogP contribution is -2.43. The predicted octanol–water partition coefficient (Wildman–Crippen LogP) is 2.04. The van der Waals surface area contributed by atoms with E-state index in [1.54, 1.807) is 12.0 Å². The first kappa shape index (κ1) is 23.0. The minimum Gasteiger partial charge on any atom is -0.497 e. The molecule has 1 fully saturated rings. The Kier molecular flexibility index (Phi) is 9.25. The van der Waals surface area contributed by atoms with Crippen LogP contribution in [0, 0.1) is 0 Å². The zero-order valence-electron chi connectivity index (χ0n) is 18.6. The van der Waals surface area contributed by atoms with E-state index < -0.39 is 0 Å². The third-order valence-electron chi connectivity index (χ3n) is 5.23. The van der Waals surface area contributed by atoms with Crippen LogP contribution in [-0.2, 0) is 11.3 Å². The number of ether oxygens (including phenoxy) is 1. The molecule has 1 heterocycles. The van der Waals surface area contributed by atoms with Gasteiger partial charge in [0, 0.05) is 47.3 Å². The topological polar surface area (TPSA) is 60.4 Å². The zero-order chi connectivity index (χ0) is 21.2. The average Bonchev–Trinajstić information content (AvgIpc) is 3.18. The highest BCUT2D eigenvalue weighted by Crippen LogP contribution is 2.19. The molecule has 0 aromatic heterocycles. The third kappa shape index (κ3) is 6.92. The number of methoxy groups -OCH3 is 1. The lowest BCUT2D eigenvalue weighted by atomic mass is 10.2. The van der Waals surface area contributed by atoms with E-state index in [9.17, 15) is 4.79 Å². The smallest absolute Gasteiger partial charge is 0.239 e. The van der Waals surface area contributed by atoms with Crippen LogP contribution in [0.1, 0.15) is 31.7 Å². The number of amides is 1. The summed E-state index contributed by atoms with van der Waals surface area (Å²) in [6.07, 6.45) is 3.01. The summed E-state index contributed by atoms with van der Waals surface area (Å²) in [5.41, 5.74) is 1.21. The molecule has 1 amide bonds. The molecule has 0 saturated carbocycles. The van der Waals surface area contributed by atoms with Crippen LogP contribution >= 0.6 is 0 Å². The first-order chi connectivity index (χ1) is 14.0. The molecule has 1 saturated heterocycles. The molecule has 7 heteroatoms. The molecular formula is C22H37N5O2. The molecule has 0 spiro atoms. The van der Waals surface area contributed by atoms with Gasteiger partial charge in [0.2, 0.25) is 5.91 Å². The molecule has 2 rings (SSSR count). The van der Waals surface area contributed by atoms with Crippen molar-refractivity contribution in [2.24, 2.45) is 4.99 Å². The Morgan fingerprint density at radius 3 is 2.62 bits per heavy atom. The van der Waals surface area contributed by atoms with E-state index in [0.29, 0.717) is 0 Å². The summed E-state index contributed by atoms with van der Waals surface area (Å²) in [7, 11) is 7.41. The molecule has 0 bridgehead atoms. The normalized spacial score (nSPS) is 17.3. The SMILES string of the molecule is CCNC(=NCCCN1CCCC1C(=O)N(C)C)N(C)Cc1ccc(OC)cc1. The lowest BCUT2D eigenvalue weighted by Gasteiger charge is -2.26. The average molecular weight is 404 g/mol. The van der Waals surface area contributed by atoms with E-state index in [4.69, 9.17) is 9.73 Å². The quantitative estimate of drug-likeness (QED) is 0.388. The Hall–Kier alpha value is -2.28. The van der Waals surface area contributed by atoms with Crippen LogP contribution in [0.5, 0.6) is 5.75 Å². The summed E-state index contributed by atoms with van der Waals surface area (Å²) in [6, 6.07) is 8.16. The Balaban J connectivity index is 1.86. The summed E-state index contributed by atoms with van der Waals surface area (Å²) in [6.45, 7) is 6.35. The maximum absolute atomic E-state index is 12.3. The number of nitrogens with zero attached hydrogens (tertiary/aromatic N) is 4. The number of hydrogen-bond acceptors (Lipinski definition) is 4. The van der Waals surface area contributed by atoms with E-state index in [1.165, 1.54) is 5.56 Å². The molecule has 29 heavy (non-hydrogen) atoms. The summed E-state index contributed by atoms with van der Waals surface area (Å²) >= 11 is 0. The maximum atomic E-state index is 12.3. The standard InChI is InChI=1S/C22H37N5O2/c1-6-23-22(26(4)17-18-10-12-19(29-5)13-11-18)24-14-8-16-27-15-7-9-20(27)21(28)25(2)3/h10-13,20H,6-9,14-17H2,1-5H3,(H,23,24). The van der Waals surface area contributed by atoms with Crippen molar-refractivity contribution in [1.82, 2.24) is 20.0 Å². The van der Waals surface area contributed by atoms with Crippen LogP contribution in [0.15, 0.2) is 29.3 Å². The van der Waals surface area contributed by atoms with Crippen molar-refractivity contribution in [1.29, 1.82) is 0 Å². The largest absolute Gasteiger partial charge is 0.497 e. The molecule has 1 aliphatic rings. The van der Waals surface area contributed by atoms with Crippen LogP contribution in [0.25, 0.3) is 0 Å². The van der Waals surface area contributed by atoms with Crippen LogP contribution < -0.4 is 10.1 Å². The third-order valence-corrected chi connectivity index (χ3v) is 5.23. The second-order valence-electron chi connectivity index (χ2n) is 7.72. The molecule has 7 nitrogen and oxygen atoms in total. The molecule has 1 aliphatic heterocycles. The fourth-order valence-corrected chi connectivity index (χ4v) is 3.68. The van der Waals surface area contributed by atoms with E-state index >= 15 is 0 Å². The number of carbonyl (C=O) groups is 1. The van der Waals surface area contributed by atoms with Crippen LogP contribution in [-0.4, -0.2) is 87.0 Å². The molecule has 1 N–H and O–H groups in total. The predicted molar refractivity (Wildman–Crippen MR) is 118 cm³/mol. The first-order valence-electron chi connectivity index (χ1n) is 10.5. The van der Waals surface area contributed by atoms with Gasteiger partial charge in [-0.3, -0.25) is 14.7 Å². The molecule has 1 atom stereocenters. The zero-order valence-corrected chi connectivity index (χ0v) is 18.6. The second kappa shape index (κ2) is 11.7. The van der Waals surface area contributed by atoms with Crippen molar-refractivity contribution < 1.29 is 9.53 Å². The van der Waals surface area contributed by atoms with Gasteiger partial charge in [-0.25, -0.2) is 0 Å². The number of guanidine groups is 1. The van der Waals surface area contributed by atoms with Crippen LogP contribution in [0.3, 0.4) is 0 Å². The number of likely N-dealkylation sites (tertiary alicyclic amines) is 1. The Morgan fingerprint density at radius 2 is 2.00 bits per heavy atom. The number of rotatable bonds is 9. The van der Waals surface area contributed by atoms with Gasteiger partial charge in [-0.05, 0) is 50.4 Å². The van der Waals surface area contributed by atoms with Crippen molar-refractivity contribution in [3.05, 3.63) is 29.8 Å². The van der Waals surface area contributed by atoms with Crippen LogP contribution in [0.4, 0.5) is 0 Å². The fraction of sp³-hybridized carbons (Fsp3) is 0.636. The van der Waals surface area contributed by atoms with E-state index in [-0.39, 0.29) is 11.9 Å². The van der Waals surface area contributed by atoms with Crippen molar-refractivity contribution in [2.75, 3.05) is 54.4 Å². The molecule has 0 radical (unpaired) electrons. The van der Waals surface area contributed by atoms with Gasteiger partial charge >= 0.3 is 0 Å². The number of carbonyl (C=O) groups excluding carboxylic acids is 1. The summed E-state index contributed by atoms with van der Waals surface area (Å²) in [4.78, 5) is 23.3. The number of benzene rings is 1. The van der Waals surface area contributed by atoms with E-state index in [1.807, 2.05) is 26.2 Å². The van der Waals surface area contributed by atoms with E-state index in [2.05, 4.69) is 41.2 Å². The minimum atomic E-state index is 0.0416. The summed E-state index contributed by atoms with van der Waals surface area (Å²) < 4.78 is 5.23. The highest BCUT2D eigenvalue weighted by molar-refractivity contribution is 5.81. The van der Waals surface area contributed by atoms with Gasteiger partial charge in [0.25, 0.3) is 0 Å². The Labute approximate surface area is 175 Å². The van der Waals surface area contributed by atoms with Gasteiger partial charge in [-0.2, -0.15) is 0 Å². The highest BCUT2D eigenvalue weighted by atomic mass is 16.5. The van der Waals surface area contributed by atoms with Gasteiger partial charge in [-0.1, -0.05) is 12.1 Å². The van der Waals surface area contributed by atoms with Gasteiger partial charge in [0.15, 0.2) is 5.96 Å². The fourth-order valence-electron chi connectivity index (χ4n) is 3.68. The monoisotopic (exact) mass is 403 g/mol. The van der Waals surface area contributed by atoms with Crippen molar-refractivity contribution in [3.63, 3.8) is 0 Å². The molecule has 162 valence electrons. The molecule has 1 unspecified atom stereocenters. The lowest BCUT2D eigenvalue weighted by molar-refractivity contribution is -0.133. The number of nitrogens with one attached hydrogen (secondary N) is 1. The highest BCUT2D eigenvalue weighted by Gasteiger charge is 2.30. The number of aliphatic imine (C=N–C) groups is 1. The number of hydrogen-bond donors (Lipinski definition) is 1. The van der Waals surface area contributed by atoms with Crippen molar-refractivity contribution >= 4 is 11.9 Å². The molecular weight excluding hydrogens is 366 g/mol.